The molecular formula is C22H21FN2O2. The second-order valence-corrected chi connectivity index (χ2v) is 6.06. The summed E-state index contributed by atoms with van der Waals surface area (Å²) in [6, 6.07) is 23.3. The van der Waals surface area contributed by atoms with Gasteiger partial charge in [0.2, 0.25) is 5.91 Å². The van der Waals surface area contributed by atoms with Gasteiger partial charge in [-0.2, -0.15) is 0 Å². The first-order chi connectivity index (χ1) is 13.2. The van der Waals surface area contributed by atoms with Crippen LogP contribution in [0.4, 0.5) is 10.1 Å². The highest BCUT2D eigenvalue weighted by Gasteiger charge is 2.03. The number of carbonyl (C=O) groups is 1. The summed E-state index contributed by atoms with van der Waals surface area (Å²) in [4.78, 5) is 12.0. The average Bonchev–Trinajstić information content (AvgIpc) is 2.71. The normalized spacial score (nSPS) is 10.3. The molecule has 0 aliphatic rings. The van der Waals surface area contributed by atoms with E-state index in [1.165, 1.54) is 12.1 Å². The molecule has 0 aliphatic heterocycles. The van der Waals surface area contributed by atoms with E-state index in [9.17, 15) is 9.18 Å². The molecule has 0 saturated carbocycles. The molecule has 0 radical (unpaired) electrons. The lowest BCUT2D eigenvalue weighted by atomic mass is 10.2. The Balaban J connectivity index is 1.45. The van der Waals surface area contributed by atoms with Crippen LogP contribution in [0.1, 0.15) is 11.1 Å². The van der Waals surface area contributed by atoms with E-state index in [0.29, 0.717) is 18.9 Å². The van der Waals surface area contributed by atoms with Gasteiger partial charge in [0, 0.05) is 18.3 Å². The Morgan fingerprint density at radius 2 is 1.67 bits per heavy atom. The van der Waals surface area contributed by atoms with Crippen molar-refractivity contribution in [3.05, 3.63) is 95.8 Å². The van der Waals surface area contributed by atoms with E-state index in [0.717, 1.165) is 16.8 Å². The number of hydrogen-bond donors (Lipinski definition) is 2. The maximum Gasteiger partial charge on any atom is 0.239 e. The Hall–Kier alpha value is -3.34. The Labute approximate surface area is 158 Å². The molecule has 0 bridgehead atoms. The minimum absolute atomic E-state index is 0.0866. The van der Waals surface area contributed by atoms with Crippen LogP contribution in [0.25, 0.3) is 0 Å². The number of benzene rings is 3. The molecule has 0 unspecified atom stereocenters. The first-order valence-electron chi connectivity index (χ1n) is 8.71. The van der Waals surface area contributed by atoms with E-state index < -0.39 is 0 Å². The number of carbonyl (C=O) groups excluding carboxylic acids is 1. The monoisotopic (exact) mass is 364 g/mol. The summed E-state index contributed by atoms with van der Waals surface area (Å²) >= 11 is 0. The van der Waals surface area contributed by atoms with E-state index in [2.05, 4.69) is 10.6 Å². The highest BCUT2D eigenvalue weighted by atomic mass is 19.1. The second-order valence-electron chi connectivity index (χ2n) is 6.06. The number of nitrogens with one attached hydrogen (secondary N) is 2. The SMILES string of the molecule is O=C(CNc1cccc(OCc2ccc(F)cc2)c1)NCc1ccccc1. The van der Waals surface area contributed by atoms with Crippen LogP contribution in [0.2, 0.25) is 0 Å². The molecule has 27 heavy (non-hydrogen) atoms. The molecule has 0 spiro atoms. The Morgan fingerprint density at radius 3 is 2.44 bits per heavy atom. The molecule has 0 saturated heterocycles. The van der Waals surface area contributed by atoms with Crippen molar-refractivity contribution in [2.75, 3.05) is 11.9 Å². The van der Waals surface area contributed by atoms with Crippen molar-refractivity contribution in [2.45, 2.75) is 13.2 Å². The van der Waals surface area contributed by atoms with Gasteiger partial charge < -0.3 is 15.4 Å². The molecule has 4 nitrogen and oxygen atoms in total. The quantitative estimate of drug-likeness (QED) is 0.632. The third kappa shape index (κ3) is 6.15. The van der Waals surface area contributed by atoms with Gasteiger partial charge in [0.15, 0.2) is 0 Å². The van der Waals surface area contributed by atoms with Gasteiger partial charge in [-0.05, 0) is 35.4 Å². The number of halogens is 1. The molecule has 0 aromatic heterocycles. The molecule has 0 atom stereocenters. The number of rotatable bonds is 8. The van der Waals surface area contributed by atoms with Gasteiger partial charge in [-0.3, -0.25) is 4.79 Å². The molecule has 3 aromatic rings. The summed E-state index contributed by atoms with van der Waals surface area (Å²) in [6.45, 7) is 1.03. The summed E-state index contributed by atoms with van der Waals surface area (Å²) in [5.41, 5.74) is 2.73. The zero-order valence-corrected chi connectivity index (χ0v) is 14.8. The van der Waals surface area contributed by atoms with E-state index in [1.807, 2.05) is 54.6 Å². The van der Waals surface area contributed by atoms with Crippen LogP contribution >= 0.6 is 0 Å². The lowest BCUT2D eigenvalue weighted by molar-refractivity contribution is -0.119. The number of anilines is 1. The molecule has 0 heterocycles. The molecule has 3 rings (SSSR count). The van der Waals surface area contributed by atoms with Crippen molar-refractivity contribution in [2.24, 2.45) is 0 Å². The minimum atomic E-state index is -0.268. The topological polar surface area (TPSA) is 50.4 Å². The van der Waals surface area contributed by atoms with E-state index in [1.54, 1.807) is 12.1 Å². The van der Waals surface area contributed by atoms with Crippen LogP contribution in [0.3, 0.4) is 0 Å². The first-order valence-corrected chi connectivity index (χ1v) is 8.71. The Kier molecular flexibility index (Phi) is 6.41. The van der Waals surface area contributed by atoms with Crippen LogP contribution in [-0.2, 0) is 17.9 Å². The summed E-state index contributed by atoms with van der Waals surface area (Å²) in [6.07, 6.45) is 0. The molecule has 2 N–H and O–H groups in total. The molecule has 1 amide bonds. The molecule has 3 aromatic carbocycles. The van der Waals surface area contributed by atoms with Crippen molar-refractivity contribution in [1.82, 2.24) is 5.32 Å². The molecule has 138 valence electrons. The third-order valence-electron chi connectivity index (χ3n) is 3.94. The second kappa shape index (κ2) is 9.38. The van der Waals surface area contributed by atoms with Crippen molar-refractivity contribution >= 4 is 11.6 Å². The van der Waals surface area contributed by atoms with E-state index in [4.69, 9.17) is 4.74 Å². The molecule has 0 fully saturated rings. The van der Waals surface area contributed by atoms with Crippen LogP contribution in [-0.4, -0.2) is 12.5 Å². The van der Waals surface area contributed by atoms with Gasteiger partial charge in [0.25, 0.3) is 0 Å². The summed E-state index contributed by atoms with van der Waals surface area (Å²) < 4.78 is 18.6. The summed E-state index contributed by atoms with van der Waals surface area (Å²) in [7, 11) is 0. The van der Waals surface area contributed by atoms with Crippen molar-refractivity contribution in [3.63, 3.8) is 0 Å². The zero-order valence-electron chi connectivity index (χ0n) is 14.8. The predicted molar refractivity (Wildman–Crippen MR) is 104 cm³/mol. The fraction of sp³-hybridized carbons (Fsp3) is 0.136. The fourth-order valence-corrected chi connectivity index (χ4v) is 2.48. The predicted octanol–water partition coefficient (Wildman–Crippen LogP) is 4.13. The summed E-state index contributed by atoms with van der Waals surface area (Å²) in [5.74, 6) is 0.320. The number of ether oxygens (including phenoxy) is 1. The molecular weight excluding hydrogens is 343 g/mol. The largest absolute Gasteiger partial charge is 0.489 e. The smallest absolute Gasteiger partial charge is 0.239 e. The Bertz CT molecular complexity index is 867. The standard InChI is InChI=1S/C22H21FN2O2/c23-19-11-9-18(10-12-19)16-27-21-8-4-7-20(13-21)24-15-22(26)25-14-17-5-2-1-3-6-17/h1-13,24H,14-16H2,(H,25,26). The van der Waals surface area contributed by atoms with Gasteiger partial charge in [0.05, 0.1) is 6.54 Å². The molecule has 5 heteroatoms. The van der Waals surface area contributed by atoms with Gasteiger partial charge >= 0.3 is 0 Å². The van der Waals surface area contributed by atoms with E-state index in [-0.39, 0.29) is 18.3 Å². The highest BCUT2D eigenvalue weighted by molar-refractivity contribution is 5.80. The fourth-order valence-electron chi connectivity index (χ4n) is 2.48. The van der Waals surface area contributed by atoms with E-state index >= 15 is 0 Å². The van der Waals surface area contributed by atoms with Crippen LogP contribution < -0.4 is 15.4 Å². The summed E-state index contributed by atoms with van der Waals surface area (Å²) in [5, 5.41) is 5.96. The highest BCUT2D eigenvalue weighted by Crippen LogP contribution is 2.18. The van der Waals surface area contributed by atoms with Gasteiger partial charge in [-0.15, -0.1) is 0 Å². The molecule has 0 aliphatic carbocycles. The van der Waals surface area contributed by atoms with Gasteiger partial charge in [-0.1, -0.05) is 48.5 Å². The third-order valence-corrected chi connectivity index (χ3v) is 3.94. The van der Waals surface area contributed by atoms with Crippen LogP contribution in [0, 0.1) is 5.82 Å². The zero-order chi connectivity index (χ0) is 18.9. The number of hydrogen-bond acceptors (Lipinski definition) is 3. The van der Waals surface area contributed by atoms with Crippen molar-refractivity contribution in [1.29, 1.82) is 0 Å². The lowest BCUT2D eigenvalue weighted by Gasteiger charge is -2.10. The van der Waals surface area contributed by atoms with Crippen molar-refractivity contribution < 1.29 is 13.9 Å². The Morgan fingerprint density at radius 1 is 0.889 bits per heavy atom. The first kappa shape index (κ1) is 18.5. The number of amides is 1. The van der Waals surface area contributed by atoms with Gasteiger partial charge in [-0.25, -0.2) is 4.39 Å². The minimum Gasteiger partial charge on any atom is -0.489 e. The lowest BCUT2D eigenvalue weighted by Crippen LogP contribution is -2.29. The van der Waals surface area contributed by atoms with Crippen LogP contribution in [0.5, 0.6) is 5.75 Å². The van der Waals surface area contributed by atoms with Crippen LogP contribution in [0.15, 0.2) is 78.9 Å². The maximum atomic E-state index is 12.9. The van der Waals surface area contributed by atoms with Crippen molar-refractivity contribution in [3.8, 4) is 5.75 Å². The average molecular weight is 364 g/mol. The maximum absolute atomic E-state index is 12.9. The van der Waals surface area contributed by atoms with Gasteiger partial charge in [0.1, 0.15) is 18.2 Å².